The van der Waals surface area contributed by atoms with E-state index in [-0.39, 0.29) is 6.79 Å². The molecular formula is C33H34N6O5. The summed E-state index contributed by atoms with van der Waals surface area (Å²) < 4.78 is 21.7. The van der Waals surface area contributed by atoms with Crippen LogP contribution < -0.4 is 29.2 Å². The van der Waals surface area contributed by atoms with Crippen LogP contribution in [0.5, 0.6) is 23.0 Å². The first-order valence-corrected chi connectivity index (χ1v) is 14.6. The minimum Gasteiger partial charge on any atom is -0.493 e. The molecule has 0 spiro atoms. The summed E-state index contributed by atoms with van der Waals surface area (Å²) in [5.41, 5.74) is 3.87. The second-order valence-corrected chi connectivity index (χ2v) is 10.7. The number of anilines is 1. The molecule has 226 valence electrons. The van der Waals surface area contributed by atoms with Crippen molar-refractivity contribution in [1.29, 1.82) is 5.26 Å². The molecule has 11 nitrogen and oxygen atoms in total. The molecule has 2 aliphatic rings. The Kier molecular flexibility index (Phi) is 8.61. The number of hydrogen-bond donors (Lipinski definition) is 1. The molecule has 1 fully saturated rings. The fraction of sp³-hybridized carbons (Fsp3) is 0.333. The van der Waals surface area contributed by atoms with Crippen LogP contribution in [-0.4, -0.2) is 74.5 Å². The molecule has 6 rings (SSSR count). The highest BCUT2D eigenvalue weighted by Gasteiger charge is 2.30. The van der Waals surface area contributed by atoms with Crippen molar-refractivity contribution in [3.05, 3.63) is 77.5 Å². The molecule has 0 bridgehead atoms. The molecule has 1 saturated heterocycles. The lowest BCUT2D eigenvalue weighted by atomic mass is 10.0. The Labute approximate surface area is 255 Å². The van der Waals surface area contributed by atoms with E-state index in [1.165, 1.54) is 0 Å². The van der Waals surface area contributed by atoms with E-state index in [9.17, 15) is 10.1 Å². The Bertz CT molecular complexity index is 1700. The predicted octanol–water partition coefficient (Wildman–Crippen LogP) is 3.66. The summed E-state index contributed by atoms with van der Waals surface area (Å²) in [7, 11) is 3.17. The van der Waals surface area contributed by atoms with Crippen molar-refractivity contribution in [3.8, 4) is 29.1 Å². The average Bonchev–Trinajstić information content (AvgIpc) is 3.53. The molecule has 1 atom stereocenters. The maximum Gasteiger partial charge on any atom is 0.243 e. The SMILES string of the molecule is COc1ccc(CCNC(=O)[C@@H](C#N)c2nc3ccccc3nc2N2CCN(Cc3ccc4c(c3)OCO4)CC2)cc1OC. The molecule has 0 radical (unpaired) electrons. The molecule has 11 heteroatoms. The van der Waals surface area contributed by atoms with E-state index < -0.39 is 11.8 Å². The molecule has 1 amide bonds. The summed E-state index contributed by atoms with van der Waals surface area (Å²) >= 11 is 0. The van der Waals surface area contributed by atoms with E-state index >= 15 is 0 Å². The van der Waals surface area contributed by atoms with Gasteiger partial charge in [0, 0.05) is 39.3 Å². The van der Waals surface area contributed by atoms with E-state index in [1.807, 2.05) is 54.6 Å². The summed E-state index contributed by atoms with van der Waals surface area (Å²) in [5.74, 6) is 1.88. The monoisotopic (exact) mass is 594 g/mol. The zero-order valence-corrected chi connectivity index (χ0v) is 24.8. The third-order valence-electron chi connectivity index (χ3n) is 7.92. The van der Waals surface area contributed by atoms with Gasteiger partial charge < -0.3 is 29.2 Å². The zero-order chi connectivity index (χ0) is 30.5. The van der Waals surface area contributed by atoms with Gasteiger partial charge in [0.05, 0.1) is 31.3 Å². The van der Waals surface area contributed by atoms with Crippen LogP contribution in [0.3, 0.4) is 0 Å². The Hall–Kier alpha value is -5.08. The first-order chi connectivity index (χ1) is 21.6. The summed E-state index contributed by atoms with van der Waals surface area (Å²) in [6.45, 7) is 4.33. The third kappa shape index (κ3) is 6.16. The molecule has 0 aliphatic carbocycles. The lowest BCUT2D eigenvalue weighted by Crippen LogP contribution is -2.47. The summed E-state index contributed by atoms with van der Waals surface area (Å²) in [6.07, 6.45) is 0.561. The number of nitriles is 1. The Morgan fingerprint density at radius 1 is 0.932 bits per heavy atom. The van der Waals surface area contributed by atoms with E-state index in [4.69, 9.17) is 28.9 Å². The van der Waals surface area contributed by atoms with Crippen LogP contribution in [0.15, 0.2) is 60.7 Å². The third-order valence-corrected chi connectivity index (χ3v) is 7.92. The molecule has 44 heavy (non-hydrogen) atoms. The number of nitrogens with zero attached hydrogens (tertiary/aromatic N) is 5. The molecule has 3 aromatic carbocycles. The van der Waals surface area contributed by atoms with E-state index in [0.29, 0.717) is 54.6 Å². The van der Waals surface area contributed by atoms with Crippen LogP contribution in [0.2, 0.25) is 0 Å². The molecule has 0 saturated carbocycles. The number of hydrogen-bond acceptors (Lipinski definition) is 10. The van der Waals surface area contributed by atoms with Gasteiger partial charge in [-0.2, -0.15) is 5.26 Å². The smallest absolute Gasteiger partial charge is 0.243 e. The maximum absolute atomic E-state index is 13.4. The lowest BCUT2D eigenvalue weighted by molar-refractivity contribution is -0.121. The van der Waals surface area contributed by atoms with Crippen LogP contribution in [0.1, 0.15) is 22.7 Å². The highest BCUT2D eigenvalue weighted by molar-refractivity contribution is 5.88. The van der Waals surface area contributed by atoms with Crippen LogP contribution in [0.25, 0.3) is 11.0 Å². The first-order valence-electron chi connectivity index (χ1n) is 14.6. The van der Waals surface area contributed by atoms with Gasteiger partial charge in [-0.05, 0) is 53.9 Å². The van der Waals surface area contributed by atoms with Crippen LogP contribution in [0, 0.1) is 11.3 Å². The predicted molar refractivity (Wildman–Crippen MR) is 164 cm³/mol. The van der Waals surface area contributed by atoms with Crippen molar-refractivity contribution in [2.45, 2.75) is 18.9 Å². The highest BCUT2D eigenvalue weighted by atomic mass is 16.7. The number of amides is 1. The van der Waals surface area contributed by atoms with Gasteiger partial charge in [-0.1, -0.05) is 24.3 Å². The van der Waals surface area contributed by atoms with Crippen molar-refractivity contribution < 1.29 is 23.7 Å². The zero-order valence-electron chi connectivity index (χ0n) is 24.8. The number of rotatable bonds is 10. The van der Waals surface area contributed by atoms with Gasteiger partial charge in [0.1, 0.15) is 5.69 Å². The van der Waals surface area contributed by atoms with E-state index in [0.717, 1.165) is 47.8 Å². The average molecular weight is 595 g/mol. The van der Waals surface area contributed by atoms with Crippen LogP contribution >= 0.6 is 0 Å². The van der Waals surface area contributed by atoms with Gasteiger partial charge in [-0.15, -0.1) is 0 Å². The molecule has 1 N–H and O–H groups in total. The largest absolute Gasteiger partial charge is 0.493 e. The molecule has 2 aliphatic heterocycles. The van der Waals surface area contributed by atoms with Gasteiger partial charge in [-0.25, -0.2) is 9.97 Å². The number of benzene rings is 3. The molecule has 3 heterocycles. The van der Waals surface area contributed by atoms with Crippen molar-refractivity contribution in [2.24, 2.45) is 0 Å². The topological polar surface area (TPSA) is 122 Å². The summed E-state index contributed by atoms with van der Waals surface area (Å²) in [5, 5.41) is 13.1. The van der Waals surface area contributed by atoms with E-state index in [2.05, 4.69) is 27.3 Å². The standard InChI is InChI=1S/C33H34N6O5/c1-41-27-9-7-22(17-29(27)42-2)11-12-35-33(40)24(19-34)31-32(37-26-6-4-3-5-25(26)36-31)39-15-13-38(14-16-39)20-23-8-10-28-30(18-23)44-21-43-28/h3-10,17-18,24H,11-16,20-21H2,1-2H3,(H,35,40)/t24-/m0/s1. The number of carbonyl (C=O) groups excluding carboxylic acids is 1. The van der Waals surface area contributed by atoms with Gasteiger partial charge in [0.15, 0.2) is 34.7 Å². The molecular weight excluding hydrogens is 560 g/mol. The minimum atomic E-state index is -1.11. The summed E-state index contributed by atoms with van der Waals surface area (Å²) in [6, 6.07) is 21.4. The number of nitrogens with one attached hydrogen (secondary N) is 1. The Morgan fingerprint density at radius 3 is 2.41 bits per heavy atom. The molecule has 0 unspecified atom stereocenters. The lowest BCUT2D eigenvalue weighted by Gasteiger charge is -2.36. The number of ether oxygens (including phenoxy) is 4. The van der Waals surface area contributed by atoms with Gasteiger partial charge in [0.2, 0.25) is 12.7 Å². The number of methoxy groups -OCH3 is 2. The second-order valence-electron chi connectivity index (χ2n) is 10.7. The summed E-state index contributed by atoms with van der Waals surface area (Å²) in [4.78, 5) is 27.6. The quantitative estimate of drug-likeness (QED) is 0.291. The van der Waals surface area contributed by atoms with Gasteiger partial charge in [0.25, 0.3) is 0 Å². The van der Waals surface area contributed by atoms with Gasteiger partial charge >= 0.3 is 0 Å². The number of para-hydroxylation sites is 2. The maximum atomic E-state index is 13.4. The number of piperazine rings is 1. The molecule has 1 aromatic heterocycles. The number of carbonyl (C=O) groups is 1. The fourth-order valence-corrected chi connectivity index (χ4v) is 5.56. The van der Waals surface area contributed by atoms with E-state index in [1.54, 1.807) is 14.2 Å². The Morgan fingerprint density at radius 2 is 1.66 bits per heavy atom. The first kappa shape index (κ1) is 29.0. The van der Waals surface area contributed by atoms with Crippen molar-refractivity contribution in [3.63, 3.8) is 0 Å². The number of aromatic nitrogens is 2. The van der Waals surface area contributed by atoms with Crippen LogP contribution in [-0.2, 0) is 17.8 Å². The normalized spacial score (nSPS) is 15.1. The second kappa shape index (κ2) is 13.1. The van der Waals surface area contributed by atoms with Crippen LogP contribution in [0.4, 0.5) is 5.82 Å². The van der Waals surface area contributed by atoms with Crippen molar-refractivity contribution in [1.82, 2.24) is 20.2 Å². The number of fused-ring (bicyclic) bond motifs is 2. The fourth-order valence-electron chi connectivity index (χ4n) is 5.56. The highest BCUT2D eigenvalue weighted by Crippen LogP contribution is 2.33. The van der Waals surface area contributed by atoms with Crippen molar-refractivity contribution >= 4 is 22.8 Å². The molecule has 4 aromatic rings. The minimum absolute atomic E-state index is 0.256. The van der Waals surface area contributed by atoms with Gasteiger partial charge in [-0.3, -0.25) is 9.69 Å². The van der Waals surface area contributed by atoms with Crippen molar-refractivity contribution in [2.75, 3.05) is 58.6 Å². The Balaban J connectivity index is 1.16.